The van der Waals surface area contributed by atoms with Gasteiger partial charge in [0, 0.05) is 11.5 Å². The molecular weight excluding hydrogens is 396 g/mol. The molecule has 0 spiro atoms. The zero-order valence-corrected chi connectivity index (χ0v) is 16.6. The third-order valence-corrected chi connectivity index (χ3v) is 5.47. The minimum atomic E-state index is -0.397. The topological polar surface area (TPSA) is 82.1 Å². The predicted molar refractivity (Wildman–Crippen MR) is 113 cm³/mol. The van der Waals surface area contributed by atoms with Crippen LogP contribution < -0.4 is 14.2 Å². The molecule has 1 N–H and O–H groups in total. The van der Waals surface area contributed by atoms with Crippen molar-refractivity contribution in [1.82, 2.24) is 0 Å². The highest BCUT2D eigenvalue weighted by atomic mass is 16.5. The number of carbonyl (C=O) groups excluding carboxylic acids is 2. The van der Waals surface area contributed by atoms with E-state index in [0.717, 1.165) is 11.1 Å². The van der Waals surface area contributed by atoms with Gasteiger partial charge in [-0.3, -0.25) is 9.59 Å². The van der Waals surface area contributed by atoms with Crippen LogP contribution in [0.25, 0.3) is 6.08 Å². The molecule has 0 saturated heterocycles. The number of Topliss-reactive ketones (excluding diaryl/α,β-unsaturated/α-hetero) is 1. The lowest BCUT2D eigenvalue weighted by molar-refractivity contribution is -0.135. The van der Waals surface area contributed by atoms with Crippen LogP contribution in [0, 0.1) is 0 Å². The van der Waals surface area contributed by atoms with Gasteiger partial charge < -0.3 is 19.3 Å². The van der Waals surface area contributed by atoms with Gasteiger partial charge in [0.15, 0.2) is 5.76 Å². The Bertz CT molecular complexity index is 1240. The fraction of sp³-hybridized carbons (Fsp3) is 0.120. The van der Waals surface area contributed by atoms with E-state index in [-0.39, 0.29) is 29.7 Å². The van der Waals surface area contributed by atoms with Crippen molar-refractivity contribution in [2.45, 2.75) is 12.3 Å². The normalized spacial score (nSPS) is 18.2. The zero-order valence-electron chi connectivity index (χ0n) is 16.6. The monoisotopic (exact) mass is 414 g/mol. The van der Waals surface area contributed by atoms with Crippen LogP contribution in [0.5, 0.6) is 23.0 Å². The van der Waals surface area contributed by atoms with Gasteiger partial charge >= 0.3 is 5.97 Å². The Morgan fingerprint density at radius 2 is 1.84 bits per heavy atom. The number of phenols is 1. The summed E-state index contributed by atoms with van der Waals surface area (Å²) in [5.74, 6) is 0.757. The van der Waals surface area contributed by atoms with E-state index in [1.165, 1.54) is 0 Å². The Kier molecular flexibility index (Phi) is 4.47. The minimum Gasteiger partial charge on any atom is -0.508 e. The van der Waals surface area contributed by atoms with E-state index in [0.29, 0.717) is 28.4 Å². The Morgan fingerprint density at radius 3 is 2.58 bits per heavy atom. The molecule has 6 nitrogen and oxygen atoms in total. The molecule has 3 aromatic rings. The van der Waals surface area contributed by atoms with E-state index < -0.39 is 5.92 Å². The molecule has 0 amide bonds. The van der Waals surface area contributed by atoms with Gasteiger partial charge in [-0.2, -0.15) is 0 Å². The Hall–Kier alpha value is -4.06. The predicted octanol–water partition coefficient (Wildman–Crippen LogP) is 4.46. The third kappa shape index (κ3) is 3.32. The van der Waals surface area contributed by atoms with Crippen LogP contribution in [0.1, 0.15) is 39.4 Å². The van der Waals surface area contributed by atoms with Gasteiger partial charge in [0.1, 0.15) is 23.0 Å². The first-order valence-corrected chi connectivity index (χ1v) is 9.78. The molecule has 0 aromatic heterocycles. The van der Waals surface area contributed by atoms with E-state index in [1.54, 1.807) is 55.7 Å². The maximum atomic E-state index is 13.0. The SMILES string of the molecule is COc1ccc(/C=C2\Oc3c(ccc4c3[C@H](c3cccc(O)c3)CC(=O)O4)C2=O)cc1. The van der Waals surface area contributed by atoms with Crippen LogP contribution in [-0.4, -0.2) is 24.0 Å². The Balaban J connectivity index is 1.58. The van der Waals surface area contributed by atoms with Crippen molar-refractivity contribution in [2.24, 2.45) is 0 Å². The number of ether oxygens (including phenoxy) is 3. The summed E-state index contributed by atoms with van der Waals surface area (Å²) in [7, 11) is 1.59. The standard InChI is InChI=1S/C25H18O6/c1-29-17-7-5-14(6-8-17)11-21-24(28)18-9-10-20-23(25(18)31-21)19(13-22(27)30-20)15-3-2-4-16(26)12-15/h2-12,19,26H,13H2,1H3/b21-11-/t19-/m0/s1. The van der Waals surface area contributed by atoms with Gasteiger partial charge in [0.05, 0.1) is 19.1 Å². The van der Waals surface area contributed by atoms with Crippen molar-refractivity contribution >= 4 is 17.8 Å². The number of carbonyl (C=O) groups is 2. The Labute approximate surface area is 178 Å². The number of allylic oxidation sites excluding steroid dienone is 1. The molecule has 2 heterocycles. The first kappa shape index (κ1) is 18.9. The molecule has 0 fully saturated rings. The van der Waals surface area contributed by atoms with Gasteiger partial charge in [0.2, 0.25) is 5.78 Å². The van der Waals surface area contributed by atoms with Crippen molar-refractivity contribution < 1.29 is 28.9 Å². The molecule has 0 aliphatic carbocycles. The number of fused-ring (bicyclic) bond motifs is 3. The van der Waals surface area contributed by atoms with E-state index in [2.05, 4.69) is 0 Å². The third-order valence-electron chi connectivity index (χ3n) is 5.47. The fourth-order valence-electron chi connectivity index (χ4n) is 3.98. The molecule has 3 aromatic carbocycles. The molecule has 5 rings (SSSR count). The minimum absolute atomic E-state index is 0.0853. The number of aromatic hydroxyl groups is 1. The van der Waals surface area contributed by atoms with Crippen LogP contribution in [0.15, 0.2) is 66.4 Å². The highest BCUT2D eigenvalue weighted by molar-refractivity contribution is 6.15. The molecule has 154 valence electrons. The molecule has 31 heavy (non-hydrogen) atoms. The highest BCUT2D eigenvalue weighted by Gasteiger charge is 2.38. The smallest absolute Gasteiger partial charge is 0.312 e. The van der Waals surface area contributed by atoms with Crippen LogP contribution in [-0.2, 0) is 4.79 Å². The van der Waals surface area contributed by atoms with Gasteiger partial charge in [-0.05, 0) is 53.6 Å². The van der Waals surface area contributed by atoms with E-state index in [4.69, 9.17) is 14.2 Å². The summed E-state index contributed by atoms with van der Waals surface area (Å²) in [6.07, 6.45) is 1.76. The lowest BCUT2D eigenvalue weighted by Crippen LogP contribution is -2.21. The zero-order chi connectivity index (χ0) is 21.5. The molecule has 0 unspecified atom stereocenters. The summed E-state index contributed by atoms with van der Waals surface area (Å²) in [5, 5.41) is 9.92. The number of hydrogen-bond donors (Lipinski definition) is 1. The molecule has 1 atom stereocenters. The van der Waals surface area contributed by atoms with Crippen LogP contribution in [0.4, 0.5) is 0 Å². The summed E-state index contributed by atoms with van der Waals surface area (Å²) >= 11 is 0. The maximum Gasteiger partial charge on any atom is 0.312 e. The van der Waals surface area contributed by atoms with Crippen LogP contribution in [0.3, 0.4) is 0 Å². The summed E-state index contributed by atoms with van der Waals surface area (Å²) in [6, 6.07) is 17.2. The summed E-state index contributed by atoms with van der Waals surface area (Å²) < 4.78 is 16.6. The average Bonchev–Trinajstić information content (AvgIpc) is 3.09. The largest absolute Gasteiger partial charge is 0.508 e. The van der Waals surface area contributed by atoms with E-state index >= 15 is 0 Å². The summed E-state index contributed by atoms with van der Waals surface area (Å²) in [6.45, 7) is 0. The second-order valence-corrected chi connectivity index (χ2v) is 7.39. The second-order valence-electron chi connectivity index (χ2n) is 7.39. The first-order chi connectivity index (χ1) is 15.0. The van der Waals surface area contributed by atoms with Gasteiger partial charge in [-0.1, -0.05) is 24.3 Å². The number of esters is 1. The first-order valence-electron chi connectivity index (χ1n) is 9.78. The number of ketones is 1. The number of methoxy groups -OCH3 is 1. The van der Waals surface area contributed by atoms with Crippen LogP contribution in [0.2, 0.25) is 0 Å². The van der Waals surface area contributed by atoms with Crippen molar-refractivity contribution in [3.8, 4) is 23.0 Å². The van der Waals surface area contributed by atoms with E-state index in [1.807, 2.05) is 18.2 Å². The molecular formula is C25H18O6. The quantitative estimate of drug-likeness (QED) is 0.387. The summed E-state index contributed by atoms with van der Waals surface area (Å²) in [5.41, 5.74) is 2.59. The van der Waals surface area contributed by atoms with Crippen molar-refractivity contribution in [3.05, 3.63) is 88.7 Å². The van der Waals surface area contributed by atoms with Crippen molar-refractivity contribution in [3.63, 3.8) is 0 Å². The van der Waals surface area contributed by atoms with Crippen LogP contribution >= 0.6 is 0 Å². The lowest BCUT2D eigenvalue weighted by atomic mass is 9.84. The maximum absolute atomic E-state index is 13.0. The molecule has 2 aliphatic rings. The average molecular weight is 414 g/mol. The van der Waals surface area contributed by atoms with Gasteiger partial charge in [-0.25, -0.2) is 0 Å². The van der Waals surface area contributed by atoms with Gasteiger partial charge in [-0.15, -0.1) is 0 Å². The number of benzene rings is 3. The summed E-state index contributed by atoms with van der Waals surface area (Å²) in [4.78, 5) is 25.2. The number of phenolic OH excluding ortho intramolecular Hbond substituents is 1. The molecule has 0 saturated carbocycles. The molecule has 6 heteroatoms. The fourth-order valence-corrected chi connectivity index (χ4v) is 3.98. The molecule has 2 aliphatic heterocycles. The van der Waals surface area contributed by atoms with Crippen molar-refractivity contribution in [2.75, 3.05) is 7.11 Å². The highest BCUT2D eigenvalue weighted by Crippen LogP contribution is 2.49. The Morgan fingerprint density at radius 1 is 1.03 bits per heavy atom. The number of hydrogen-bond acceptors (Lipinski definition) is 6. The second kappa shape index (κ2) is 7.32. The lowest BCUT2D eigenvalue weighted by Gasteiger charge is -2.26. The molecule has 0 radical (unpaired) electrons. The van der Waals surface area contributed by atoms with Crippen molar-refractivity contribution in [1.29, 1.82) is 0 Å². The van der Waals surface area contributed by atoms with Gasteiger partial charge in [0.25, 0.3) is 0 Å². The number of rotatable bonds is 3. The molecule has 0 bridgehead atoms. The van der Waals surface area contributed by atoms with E-state index in [9.17, 15) is 14.7 Å².